The molecule has 0 aliphatic heterocycles. The van der Waals surface area contributed by atoms with Crippen LogP contribution in [0.5, 0.6) is 0 Å². The molecule has 0 heterocycles. The van der Waals surface area contributed by atoms with E-state index in [1.165, 1.54) is 7.11 Å². The fourth-order valence-electron chi connectivity index (χ4n) is 1.17. The molecule has 0 fully saturated rings. The van der Waals surface area contributed by atoms with E-state index in [2.05, 4.69) is 9.57 Å². The molecule has 0 aliphatic rings. The fourth-order valence-corrected chi connectivity index (χ4v) is 1.17. The molecule has 1 N–H and O–H groups in total. The number of carbonyl (C=O) groups excluding carboxylic acids is 1. The smallest absolute Gasteiger partial charge is 0.285 e. The Bertz CT molecular complexity index is 495. The third-order valence-corrected chi connectivity index (χ3v) is 2.03. The molecule has 1 aromatic rings. The summed E-state index contributed by atoms with van der Waals surface area (Å²) in [5.74, 6) is -3.84. The van der Waals surface area contributed by atoms with Crippen LogP contribution in [0, 0.1) is 21.7 Å². The van der Waals surface area contributed by atoms with Gasteiger partial charge in [0.15, 0.2) is 11.6 Å². The average molecular weight is 276 g/mol. The molecule has 1 rings (SSSR count). The van der Waals surface area contributed by atoms with Crippen LogP contribution < -0.4 is 5.48 Å². The van der Waals surface area contributed by atoms with Gasteiger partial charge in [0, 0.05) is 7.11 Å². The number of benzene rings is 1. The summed E-state index contributed by atoms with van der Waals surface area (Å²) in [5.41, 5.74) is 0.371. The highest BCUT2D eigenvalue weighted by molar-refractivity contribution is 5.97. The molecule has 0 unspecified atom stereocenters. The first-order valence-corrected chi connectivity index (χ1v) is 5.02. The van der Waals surface area contributed by atoms with Crippen LogP contribution in [0.1, 0.15) is 10.4 Å². The summed E-state index contributed by atoms with van der Waals surface area (Å²) in [4.78, 5) is 25.8. The molecule has 0 saturated heterocycles. The van der Waals surface area contributed by atoms with Gasteiger partial charge in [-0.05, 0) is 6.07 Å². The number of nitro groups is 1. The third kappa shape index (κ3) is 3.93. The maximum absolute atomic E-state index is 13.0. The Balaban J connectivity index is 2.89. The molecule has 104 valence electrons. The summed E-state index contributed by atoms with van der Waals surface area (Å²) in [5, 5.41) is 10.6. The molecule has 9 heteroatoms. The number of nitrogens with one attached hydrogen (secondary N) is 1. The molecule has 19 heavy (non-hydrogen) atoms. The first-order chi connectivity index (χ1) is 8.97. The van der Waals surface area contributed by atoms with Crippen molar-refractivity contribution < 1.29 is 28.1 Å². The lowest BCUT2D eigenvalue weighted by Gasteiger charge is -2.06. The average Bonchev–Trinajstić information content (AvgIpc) is 2.36. The second-order valence-corrected chi connectivity index (χ2v) is 3.31. The molecule has 0 atom stereocenters. The van der Waals surface area contributed by atoms with Gasteiger partial charge in [0.1, 0.15) is 5.56 Å². The highest BCUT2D eigenvalue weighted by Crippen LogP contribution is 2.22. The standard InChI is InChI=1S/C10H10F2N2O5/c1-18-2-3-19-13-10(15)6-4-7(11)8(12)5-9(6)14(16)17/h4-5H,2-3H2,1H3,(H,13,15). The zero-order valence-corrected chi connectivity index (χ0v) is 9.81. The summed E-state index contributed by atoms with van der Waals surface area (Å²) in [6, 6.07) is 0.766. The van der Waals surface area contributed by atoms with Crippen molar-refractivity contribution in [3.63, 3.8) is 0 Å². The number of hydroxylamine groups is 1. The monoisotopic (exact) mass is 276 g/mol. The molecular weight excluding hydrogens is 266 g/mol. The first-order valence-electron chi connectivity index (χ1n) is 5.02. The number of nitro benzene ring substituents is 1. The van der Waals surface area contributed by atoms with Crippen molar-refractivity contribution in [1.29, 1.82) is 0 Å². The van der Waals surface area contributed by atoms with E-state index in [0.29, 0.717) is 12.1 Å². The molecule has 0 saturated carbocycles. The predicted octanol–water partition coefficient (Wildman–Crippen LogP) is 1.18. The van der Waals surface area contributed by atoms with Crippen LogP contribution in [-0.2, 0) is 9.57 Å². The van der Waals surface area contributed by atoms with Crippen molar-refractivity contribution in [2.45, 2.75) is 0 Å². The molecule has 0 aliphatic carbocycles. The Hall–Kier alpha value is -2.13. The van der Waals surface area contributed by atoms with E-state index in [4.69, 9.17) is 0 Å². The number of hydrogen-bond donors (Lipinski definition) is 1. The van der Waals surface area contributed by atoms with Crippen LogP contribution >= 0.6 is 0 Å². The Morgan fingerprint density at radius 2 is 2.00 bits per heavy atom. The number of halogens is 2. The van der Waals surface area contributed by atoms with Crippen LogP contribution in [0.15, 0.2) is 12.1 Å². The molecule has 0 spiro atoms. The van der Waals surface area contributed by atoms with Crippen molar-refractivity contribution in [1.82, 2.24) is 5.48 Å². The lowest BCUT2D eigenvalue weighted by molar-refractivity contribution is -0.385. The highest BCUT2D eigenvalue weighted by Gasteiger charge is 2.24. The van der Waals surface area contributed by atoms with Gasteiger partial charge in [-0.3, -0.25) is 19.7 Å². The van der Waals surface area contributed by atoms with E-state index in [-0.39, 0.29) is 13.2 Å². The van der Waals surface area contributed by atoms with Crippen molar-refractivity contribution in [2.24, 2.45) is 0 Å². The minimum atomic E-state index is -1.41. The van der Waals surface area contributed by atoms with Crippen LogP contribution in [0.25, 0.3) is 0 Å². The lowest BCUT2D eigenvalue weighted by Crippen LogP contribution is -2.26. The van der Waals surface area contributed by atoms with Crippen LogP contribution in [0.4, 0.5) is 14.5 Å². The molecule has 1 aromatic carbocycles. The topological polar surface area (TPSA) is 90.7 Å². The summed E-state index contributed by atoms with van der Waals surface area (Å²) < 4.78 is 30.5. The van der Waals surface area contributed by atoms with Gasteiger partial charge in [-0.25, -0.2) is 14.3 Å². The fraction of sp³-hybridized carbons (Fsp3) is 0.300. The van der Waals surface area contributed by atoms with Crippen molar-refractivity contribution >= 4 is 11.6 Å². The van der Waals surface area contributed by atoms with Crippen molar-refractivity contribution in [2.75, 3.05) is 20.3 Å². The quantitative estimate of drug-likeness (QED) is 0.478. The second-order valence-electron chi connectivity index (χ2n) is 3.31. The minimum Gasteiger partial charge on any atom is -0.382 e. The maximum Gasteiger partial charge on any atom is 0.285 e. The Kier molecular flexibility index (Phi) is 5.27. The van der Waals surface area contributed by atoms with E-state index in [0.717, 1.165) is 0 Å². The van der Waals surface area contributed by atoms with Gasteiger partial charge in [-0.1, -0.05) is 0 Å². The van der Waals surface area contributed by atoms with Gasteiger partial charge >= 0.3 is 0 Å². The Morgan fingerprint density at radius 1 is 1.37 bits per heavy atom. The van der Waals surface area contributed by atoms with E-state index in [1.807, 2.05) is 5.48 Å². The molecule has 0 bridgehead atoms. The third-order valence-electron chi connectivity index (χ3n) is 2.03. The molecule has 0 radical (unpaired) electrons. The maximum atomic E-state index is 13.0. The van der Waals surface area contributed by atoms with Crippen molar-refractivity contribution in [3.8, 4) is 0 Å². The number of methoxy groups -OCH3 is 1. The highest BCUT2D eigenvalue weighted by atomic mass is 19.2. The van der Waals surface area contributed by atoms with Gasteiger partial charge in [0.2, 0.25) is 0 Å². The largest absolute Gasteiger partial charge is 0.382 e. The van der Waals surface area contributed by atoms with E-state index in [9.17, 15) is 23.7 Å². The van der Waals surface area contributed by atoms with Gasteiger partial charge in [0.25, 0.3) is 11.6 Å². The van der Waals surface area contributed by atoms with E-state index >= 15 is 0 Å². The molecular formula is C10H10F2N2O5. The van der Waals surface area contributed by atoms with Crippen molar-refractivity contribution in [3.05, 3.63) is 39.4 Å². The van der Waals surface area contributed by atoms with Crippen LogP contribution in [0.3, 0.4) is 0 Å². The normalized spacial score (nSPS) is 10.3. The van der Waals surface area contributed by atoms with Crippen LogP contribution in [-0.4, -0.2) is 31.2 Å². The number of nitrogens with zero attached hydrogens (tertiary/aromatic N) is 1. The number of rotatable bonds is 6. The van der Waals surface area contributed by atoms with E-state index < -0.39 is 33.7 Å². The molecule has 0 aromatic heterocycles. The van der Waals surface area contributed by atoms with Gasteiger partial charge in [-0.2, -0.15) is 0 Å². The van der Waals surface area contributed by atoms with Gasteiger partial charge in [0.05, 0.1) is 24.2 Å². The lowest BCUT2D eigenvalue weighted by atomic mass is 10.1. The first kappa shape index (κ1) is 14.9. The number of hydrogen-bond acceptors (Lipinski definition) is 5. The van der Waals surface area contributed by atoms with Gasteiger partial charge < -0.3 is 4.74 Å². The summed E-state index contributed by atoms with van der Waals surface area (Å²) >= 11 is 0. The minimum absolute atomic E-state index is 0.000283. The molecule has 1 amide bonds. The SMILES string of the molecule is COCCONC(=O)c1cc(F)c(F)cc1[N+](=O)[O-]. The Morgan fingerprint density at radius 3 is 2.58 bits per heavy atom. The Labute approximate surface area is 106 Å². The summed E-state index contributed by atoms with van der Waals surface area (Å²) in [7, 11) is 1.41. The number of amides is 1. The molecule has 7 nitrogen and oxygen atoms in total. The summed E-state index contributed by atoms with van der Waals surface area (Å²) in [6.45, 7) is 0.180. The summed E-state index contributed by atoms with van der Waals surface area (Å²) in [6.07, 6.45) is 0. The van der Waals surface area contributed by atoms with E-state index in [1.54, 1.807) is 0 Å². The number of carbonyl (C=O) groups is 1. The van der Waals surface area contributed by atoms with Crippen LogP contribution in [0.2, 0.25) is 0 Å². The van der Waals surface area contributed by atoms with Gasteiger partial charge in [-0.15, -0.1) is 0 Å². The predicted molar refractivity (Wildman–Crippen MR) is 58.3 cm³/mol. The second kappa shape index (κ2) is 6.71. The number of ether oxygens (including phenoxy) is 1. The zero-order valence-electron chi connectivity index (χ0n) is 9.81. The zero-order chi connectivity index (χ0) is 14.4.